The summed E-state index contributed by atoms with van der Waals surface area (Å²) in [6, 6.07) is 8.09. The van der Waals surface area contributed by atoms with Gasteiger partial charge in [0.25, 0.3) is 0 Å². The van der Waals surface area contributed by atoms with Gasteiger partial charge in [0.05, 0.1) is 11.4 Å². The molecule has 0 fully saturated rings. The standard InChI is InChI=1S/C17H24N4/c1-3-4-7-18-10-11-19-15-6-9-21-17(13-15)16-12-14(2)5-8-20-16/h5-6,8-9,12-13,18H,3-4,7,10-11H2,1-2H3,(H,19,21). The monoisotopic (exact) mass is 284 g/mol. The second kappa shape index (κ2) is 8.37. The van der Waals surface area contributed by atoms with Crippen LogP contribution in [0.15, 0.2) is 36.7 Å². The number of hydrogen-bond acceptors (Lipinski definition) is 4. The van der Waals surface area contributed by atoms with Crippen LogP contribution in [0.5, 0.6) is 0 Å². The van der Waals surface area contributed by atoms with E-state index in [1.807, 2.05) is 30.6 Å². The van der Waals surface area contributed by atoms with Crippen molar-refractivity contribution >= 4 is 5.69 Å². The fraction of sp³-hybridized carbons (Fsp3) is 0.412. The fourth-order valence-corrected chi connectivity index (χ4v) is 2.08. The van der Waals surface area contributed by atoms with E-state index in [4.69, 9.17) is 0 Å². The van der Waals surface area contributed by atoms with E-state index in [1.54, 1.807) is 0 Å². The molecule has 0 amide bonds. The molecule has 4 nitrogen and oxygen atoms in total. The molecular formula is C17H24N4. The maximum Gasteiger partial charge on any atom is 0.0906 e. The Morgan fingerprint density at radius 1 is 0.952 bits per heavy atom. The Balaban J connectivity index is 1.89. The van der Waals surface area contributed by atoms with E-state index in [9.17, 15) is 0 Å². The summed E-state index contributed by atoms with van der Waals surface area (Å²) >= 11 is 0. The van der Waals surface area contributed by atoms with Crippen molar-refractivity contribution in [2.45, 2.75) is 26.7 Å². The van der Waals surface area contributed by atoms with Gasteiger partial charge in [0.15, 0.2) is 0 Å². The highest BCUT2D eigenvalue weighted by Crippen LogP contribution is 2.18. The van der Waals surface area contributed by atoms with Crippen molar-refractivity contribution < 1.29 is 0 Å². The number of rotatable bonds is 8. The SMILES string of the molecule is CCCCNCCNc1ccnc(-c2cc(C)ccn2)c1. The number of nitrogens with one attached hydrogen (secondary N) is 2. The van der Waals surface area contributed by atoms with Crippen LogP contribution in [0.25, 0.3) is 11.4 Å². The fourth-order valence-electron chi connectivity index (χ4n) is 2.08. The lowest BCUT2D eigenvalue weighted by Gasteiger charge is -2.09. The number of aryl methyl sites for hydroxylation is 1. The quantitative estimate of drug-likeness (QED) is 0.731. The molecule has 0 spiro atoms. The molecule has 4 heteroatoms. The zero-order chi connectivity index (χ0) is 14.9. The molecule has 2 aromatic heterocycles. The minimum atomic E-state index is 0.905. The molecule has 0 aliphatic carbocycles. The van der Waals surface area contributed by atoms with Crippen molar-refractivity contribution in [2.75, 3.05) is 25.0 Å². The summed E-state index contributed by atoms with van der Waals surface area (Å²) in [4.78, 5) is 8.78. The van der Waals surface area contributed by atoms with Gasteiger partial charge in [-0.25, -0.2) is 0 Å². The minimum absolute atomic E-state index is 0.905. The summed E-state index contributed by atoms with van der Waals surface area (Å²) in [5.41, 5.74) is 4.10. The lowest BCUT2D eigenvalue weighted by atomic mass is 10.2. The molecule has 0 saturated heterocycles. The third-order valence-corrected chi connectivity index (χ3v) is 3.28. The number of hydrogen-bond donors (Lipinski definition) is 2. The predicted octanol–water partition coefficient (Wildman–Crippen LogP) is 3.25. The second-order valence-corrected chi connectivity index (χ2v) is 5.18. The topological polar surface area (TPSA) is 49.8 Å². The van der Waals surface area contributed by atoms with Gasteiger partial charge >= 0.3 is 0 Å². The normalized spacial score (nSPS) is 10.6. The van der Waals surface area contributed by atoms with Gasteiger partial charge in [0, 0.05) is 31.2 Å². The first kappa shape index (κ1) is 15.4. The summed E-state index contributed by atoms with van der Waals surface area (Å²) in [6.45, 7) is 7.24. The molecule has 0 aliphatic rings. The summed E-state index contributed by atoms with van der Waals surface area (Å²) in [5, 5.41) is 6.84. The highest BCUT2D eigenvalue weighted by atomic mass is 14.9. The van der Waals surface area contributed by atoms with Crippen molar-refractivity contribution in [3.05, 3.63) is 42.2 Å². The first-order valence-corrected chi connectivity index (χ1v) is 7.63. The van der Waals surface area contributed by atoms with Gasteiger partial charge in [-0.3, -0.25) is 9.97 Å². The van der Waals surface area contributed by atoms with Crippen LogP contribution in [0, 0.1) is 6.92 Å². The summed E-state index contributed by atoms with van der Waals surface area (Å²) in [5.74, 6) is 0. The van der Waals surface area contributed by atoms with Gasteiger partial charge < -0.3 is 10.6 Å². The third-order valence-electron chi connectivity index (χ3n) is 3.28. The molecule has 0 saturated carbocycles. The Kier molecular flexibility index (Phi) is 6.16. The number of anilines is 1. The Bertz CT molecular complexity index is 554. The molecule has 2 rings (SSSR count). The Morgan fingerprint density at radius 2 is 1.71 bits per heavy atom. The highest BCUT2D eigenvalue weighted by molar-refractivity contribution is 5.60. The number of nitrogens with zero attached hydrogens (tertiary/aromatic N) is 2. The van der Waals surface area contributed by atoms with E-state index >= 15 is 0 Å². The van der Waals surface area contributed by atoms with E-state index in [-0.39, 0.29) is 0 Å². The van der Waals surface area contributed by atoms with Crippen molar-refractivity contribution in [1.82, 2.24) is 15.3 Å². The van der Waals surface area contributed by atoms with Gasteiger partial charge in [0.2, 0.25) is 0 Å². The first-order valence-electron chi connectivity index (χ1n) is 7.63. The average molecular weight is 284 g/mol. The van der Waals surface area contributed by atoms with Crippen LogP contribution in [0.3, 0.4) is 0 Å². The van der Waals surface area contributed by atoms with Crippen molar-refractivity contribution in [2.24, 2.45) is 0 Å². The summed E-state index contributed by atoms with van der Waals surface area (Å²) < 4.78 is 0. The van der Waals surface area contributed by atoms with Crippen LogP contribution < -0.4 is 10.6 Å². The maximum absolute atomic E-state index is 4.40. The van der Waals surface area contributed by atoms with E-state index in [0.29, 0.717) is 0 Å². The third kappa shape index (κ3) is 5.16. The molecule has 0 atom stereocenters. The van der Waals surface area contributed by atoms with Crippen LogP contribution in [0.2, 0.25) is 0 Å². The number of aromatic nitrogens is 2. The van der Waals surface area contributed by atoms with Crippen molar-refractivity contribution in [3.63, 3.8) is 0 Å². The highest BCUT2D eigenvalue weighted by Gasteiger charge is 2.02. The maximum atomic E-state index is 4.40. The smallest absolute Gasteiger partial charge is 0.0906 e. The lowest BCUT2D eigenvalue weighted by molar-refractivity contribution is 0.652. The number of unbranched alkanes of at least 4 members (excludes halogenated alkanes) is 1. The number of pyridine rings is 2. The summed E-state index contributed by atoms with van der Waals surface area (Å²) in [7, 11) is 0. The molecule has 0 bridgehead atoms. The summed E-state index contributed by atoms with van der Waals surface area (Å²) in [6.07, 6.45) is 6.12. The van der Waals surface area contributed by atoms with Gasteiger partial charge in [-0.15, -0.1) is 0 Å². The van der Waals surface area contributed by atoms with Crippen LogP contribution in [0.4, 0.5) is 5.69 Å². The van der Waals surface area contributed by atoms with Gasteiger partial charge in [-0.1, -0.05) is 13.3 Å². The van der Waals surface area contributed by atoms with Gasteiger partial charge in [-0.05, 0) is 49.7 Å². The Hall–Kier alpha value is -1.94. The van der Waals surface area contributed by atoms with Gasteiger partial charge in [0.1, 0.15) is 0 Å². The second-order valence-electron chi connectivity index (χ2n) is 5.18. The minimum Gasteiger partial charge on any atom is -0.384 e. The molecule has 21 heavy (non-hydrogen) atoms. The van der Waals surface area contributed by atoms with Crippen LogP contribution in [-0.4, -0.2) is 29.6 Å². The van der Waals surface area contributed by atoms with E-state index in [0.717, 1.165) is 36.7 Å². The molecule has 2 aromatic rings. The zero-order valence-electron chi connectivity index (χ0n) is 12.9. The average Bonchev–Trinajstić information content (AvgIpc) is 2.51. The molecule has 0 aromatic carbocycles. The molecule has 0 radical (unpaired) electrons. The van der Waals surface area contributed by atoms with E-state index in [2.05, 4.69) is 40.5 Å². The Labute approximate surface area is 127 Å². The Morgan fingerprint density at radius 3 is 2.48 bits per heavy atom. The van der Waals surface area contributed by atoms with Crippen LogP contribution in [-0.2, 0) is 0 Å². The molecule has 2 heterocycles. The van der Waals surface area contributed by atoms with E-state index < -0.39 is 0 Å². The first-order chi connectivity index (χ1) is 10.3. The van der Waals surface area contributed by atoms with Crippen molar-refractivity contribution in [1.29, 1.82) is 0 Å². The molecule has 0 unspecified atom stereocenters. The largest absolute Gasteiger partial charge is 0.384 e. The molecule has 2 N–H and O–H groups in total. The van der Waals surface area contributed by atoms with Crippen LogP contribution in [0.1, 0.15) is 25.3 Å². The molecule has 0 aliphatic heterocycles. The zero-order valence-corrected chi connectivity index (χ0v) is 12.9. The van der Waals surface area contributed by atoms with E-state index in [1.165, 1.54) is 18.4 Å². The predicted molar refractivity (Wildman–Crippen MR) is 88.5 cm³/mol. The lowest BCUT2D eigenvalue weighted by Crippen LogP contribution is -2.23. The molecule has 112 valence electrons. The molecular weight excluding hydrogens is 260 g/mol. The van der Waals surface area contributed by atoms with Crippen molar-refractivity contribution in [3.8, 4) is 11.4 Å². The van der Waals surface area contributed by atoms with Crippen LogP contribution >= 0.6 is 0 Å². The van der Waals surface area contributed by atoms with Gasteiger partial charge in [-0.2, -0.15) is 0 Å².